The predicted octanol–water partition coefficient (Wildman–Crippen LogP) is 0.992. The van der Waals surface area contributed by atoms with Crippen molar-refractivity contribution in [3.63, 3.8) is 0 Å². The molecule has 0 radical (unpaired) electrons. The molecule has 0 aromatic heterocycles. The number of amides is 1. The standard InChI is InChI=1S/C11H17ClN2O/c1-8(5-12)7-14-4-2-3-9-10(14)6-13-11(9)15/h9-10H,1-7H2,(H,13,15). The first-order valence-corrected chi connectivity index (χ1v) is 6.00. The summed E-state index contributed by atoms with van der Waals surface area (Å²) in [6, 6.07) is 0.367. The Morgan fingerprint density at radius 1 is 1.67 bits per heavy atom. The lowest BCUT2D eigenvalue weighted by Crippen LogP contribution is -2.46. The average molecular weight is 229 g/mol. The minimum absolute atomic E-state index is 0.196. The van der Waals surface area contributed by atoms with Crippen LogP contribution in [0.5, 0.6) is 0 Å². The van der Waals surface area contributed by atoms with E-state index in [9.17, 15) is 4.79 Å². The van der Waals surface area contributed by atoms with Crippen LogP contribution in [0.4, 0.5) is 0 Å². The molecule has 4 heteroatoms. The second kappa shape index (κ2) is 4.54. The van der Waals surface area contributed by atoms with Crippen molar-refractivity contribution < 1.29 is 4.79 Å². The van der Waals surface area contributed by atoms with E-state index in [1.165, 1.54) is 0 Å². The van der Waals surface area contributed by atoms with Gasteiger partial charge in [-0.25, -0.2) is 0 Å². The van der Waals surface area contributed by atoms with Crippen LogP contribution in [0.1, 0.15) is 12.8 Å². The van der Waals surface area contributed by atoms with Gasteiger partial charge >= 0.3 is 0 Å². The lowest BCUT2D eigenvalue weighted by Gasteiger charge is -2.36. The van der Waals surface area contributed by atoms with E-state index in [1.807, 2.05) is 0 Å². The summed E-state index contributed by atoms with van der Waals surface area (Å²) in [5.74, 6) is 0.929. The minimum Gasteiger partial charge on any atom is -0.354 e. The van der Waals surface area contributed by atoms with Crippen LogP contribution in [0.3, 0.4) is 0 Å². The van der Waals surface area contributed by atoms with Gasteiger partial charge in [-0.2, -0.15) is 0 Å². The number of likely N-dealkylation sites (tertiary alicyclic amines) is 1. The molecule has 1 N–H and O–H groups in total. The van der Waals surface area contributed by atoms with Gasteiger partial charge in [-0.05, 0) is 25.0 Å². The van der Waals surface area contributed by atoms with Crippen molar-refractivity contribution in [2.45, 2.75) is 18.9 Å². The molecule has 15 heavy (non-hydrogen) atoms. The van der Waals surface area contributed by atoms with Crippen molar-refractivity contribution in [3.05, 3.63) is 12.2 Å². The number of halogens is 1. The highest BCUT2D eigenvalue weighted by atomic mass is 35.5. The van der Waals surface area contributed by atoms with Crippen molar-refractivity contribution in [1.82, 2.24) is 10.2 Å². The fraction of sp³-hybridized carbons (Fsp3) is 0.727. The first-order chi connectivity index (χ1) is 7.22. The maximum Gasteiger partial charge on any atom is 0.224 e. The number of hydrogen-bond acceptors (Lipinski definition) is 2. The maximum atomic E-state index is 11.5. The van der Waals surface area contributed by atoms with Gasteiger partial charge in [0.25, 0.3) is 0 Å². The van der Waals surface area contributed by atoms with E-state index < -0.39 is 0 Å². The normalized spacial score (nSPS) is 31.1. The van der Waals surface area contributed by atoms with Crippen molar-refractivity contribution in [3.8, 4) is 0 Å². The van der Waals surface area contributed by atoms with E-state index >= 15 is 0 Å². The summed E-state index contributed by atoms with van der Waals surface area (Å²) < 4.78 is 0. The van der Waals surface area contributed by atoms with Gasteiger partial charge in [-0.1, -0.05) is 6.58 Å². The molecule has 2 unspecified atom stereocenters. The molecule has 2 fully saturated rings. The van der Waals surface area contributed by atoms with Gasteiger partial charge in [-0.15, -0.1) is 11.6 Å². The largest absolute Gasteiger partial charge is 0.354 e. The molecule has 0 aromatic rings. The smallest absolute Gasteiger partial charge is 0.224 e. The van der Waals surface area contributed by atoms with Crippen LogP contribution in [0.15, 0.2) is 12.2 Å². The molecule has 84 valence electrons. The number of rotatable bonds is 3. The zero-order valence-electron chi connectivity index (χ0n) is 8.84. The molecule has 1 amide bonds. The van der Waals surface area contributed by atoms with Crippen molar-refractivity contribution in [2.75, 3.05) is 25.5 Å². The van der Waals surface area contributed by atoms with Crippen LogP contribution in [0, 0.1) is 5.92 Å². The van der Waals surface area contributed by atoms with Crippen molar-refractivity contribution in [2.24, 2.45) is 5.92 Å². The number of hydrogen-bond donors (Lipinski definition) is 1. The van der Waals surface area contributed by atoms with Crippen LogP contribution in [-0.2, 0) is 4.79 Å². The van der Waals surface area contributed by atoms with Crippen LogP contribution in [0.25, 0.3) is 0 Å². The number of carbonyl (C=O) groups is 1. The highest BCUT2D eigenvalue weighted by Gasteiger charge is 2.40. The molecular formula is C11H17ClN2O. The Labute approximate surface area is 95.5 Å². The summed E-state index contributed by atoms with van der Waals surface area (Å²) in [6.07, 6.45) is 2.13. The number of nitrogens with one attached hydrogen (secondary N) is 1. The Bertz CT molecular complexity index is 280. The van der Waals surface area contributed by atoms with Gasteiger partial charge in [0, 0.05) is 25.0 Å². The molecule has 0 saturated carbocycles. The Hall–Kier alpha value is -0.540. The van der Waals surface area contributed by atoms with Gasteiger partial charge in [0.05, 0.1) is 5.92 Å². The third kappa shape index (κ3) is 2.18. The number of nitrogens with zero attached hydrogens (tertiary/aromatic N) is 1. The summed E-state index contributed by atoms with van der Waals surface area (Å²) in [5, 5.41) is 2.94. The molecule has 0 aliphatic carbocycles. The molecule has 2 aliphatic rings. The summed E-state index contributed by atoms with van der Waals surface area (Å²) >= 11 is 5.73. The lowest BCUT2D eigenvalue weighted by molar-refractivity contribution is -0.124. The molecule has 2 heterocycles. The van der Waals surface area contributed by atoms with E-state index in [1.54, 1.807) is 0 Å². The van der Waals surface area contributed by atoms with Gasteiger partial charge in [0.15, 0.2) is 0 Å². The summed E-state index contributed by atoms with van der Waals surface area (Å²) in [6.45, 7) is 6.61. The van der Waals surface area contributed by atoms with Crippen LogP contribution < -0.4 is 5.32 Å². The zero-order chi connectivity index (χ0) is 10.8. The Kier molecular flexibility index (Phi) is 3.32. The van der Waals surface area contributed by atoms with Crippen molar-refractivity contribution in [1.29, 1.82) is 0 Å². The van der Waals surface area contributed by atoms with E-state index in [2.05, 4.69) is 16.8 Å². The number of alkyl halides is 1. The number of piperidine rings is 1. The van der Waals surface area contributed by atoms with E-state index in [4.69, 9.17) is 11.6 Å². The van der Waals surface area contributed by atoms with Gasteiger partial charge in [-0.3, -0.25) is 9.69 Å². The second-order valence-corrected chi connectivity index (χ2v) is 4.68. The third-order valence-corrected chi connectivity index (χ3v) is 3.71. The fourth-order valence-electron chi connectivity index (χ4n) is 2.57. The fourth-order valence-corrected chi connectivity index (χ4v) is 2.65. The number of fused-ring (bicyclic) bond motifs is 1. The second-order valence-electron chi connectivity index (χ2n) is 4.42. The topological polar surface area (TPSA) is 32.3 Å². The molecular weight excluding hydrogens is 212 g/mol. The first kappa shape index (κ1) is 11.0. The molecule has 2 saturated heterocycles. The molecule has 2 atom stereocenters. The molecule has 0 bridgehead atoms. The van der Waals surface area contributed by atoms with E-state index in [0.717, 1.165) is 38.0 Å². The zero-order valence-corrected chi connectivity index (χ0v) is 9.59. The van der Waals surface area contributed by atoms with Crippen LogP contribution in [-0.4, -0.2) is 42.4 Å². The average Bonchev–Trinajstić information content (AvgIpc) is 2.62. The summed E-state index contributed by atoms with van der Waals surface area (Å²) in [7, 11) is 0. The highest BCUT2D eigenvalue weighted by molar-refractivity contribution is 6.19. The Balaban J connectivity index is 2.00. The van der Waals surface area contributed by atoms with Gasteiger partial charge in [0.1, 0.15) is 0 Å². The quantitative estimate of drug-likeness (QED) is 0.577. The van der Waals surface area contributed by atoms with E-state index in [0.29, 0.717) is 11.9 Å². The van der Waals surface area contributed by atoms with Crippen LogP contribution >= 0.6 is 11.6 Å². The number of carbonyl (C=O) groups excluding carboxylic acids is 1. The molecule has 0 spiro atoms. The maximum absolute atomic E-state index is 11.5. The minimum atomic E-state index is 0.196. The summed E-state index contributed by atoms with van der Waals surface area (Å²) in [4.78, 5) is 13.9. The Morgan fingerprint density at radius 2 is 2.47 bits per heavy atom. The van der Waals surface area contributed by atoms with Crippen LogP contribution in [0.2, 0.25) is 0 Å². The van der Waals surface area contributed by atoms with Gasteiger partial charge in [0.2, 0.25) is 5.91 Å². The summed E-state index contributed by atoms with van der Waals surface area (Å²) in [5.41, 5.74) is 1.04. The molecule has 2 aliphatic heterocycles. The predicted molar refractivity (Wildman–Crippen MR) is 61.0 cm³/mol. The van der Waals surface area contributed by atoms with Crippen molar-refractivity contribution >= 4 is 17.5 Å². The monoisotopic (exact) mass is 228 g/mol. The third-order valence-electron chi connectivity index (χ3n) is 3.33. The first-order valence-electron chi connectivity index (χ1n) is 5.46. The van der Waals surface area contributed by atoms with Gasteiger partial charge < -0.3 is 5.32 Å². The highest BCUT2D eigenvalue weighted by Crippen LogP contribution is 2.27. The Morgan fingerprint density at radius 3 is 3.20 bits per heavy atom. The molecule has 2 rings (SSSR count). The SMILES string of the molecule is C=C(CCl)CN1CCCC2C(=O)NCC21. The lowest BCUT2D eigenvalue weighted by atomic mass is 9.91. The molecule has 3 nitrogen and oxygen atoms in total. The van der Waals surface area contributed by atoms with E-state index in [-0.39, 0.29) is 11.8 Å². The molecule has 0 aromatic carbocycles.